The minimum atomic E-state index is -0.411. The average Bonchev–Trinajstić information content (AvgIpc) is 2.17. The molecule has 0 rings (SSSR count). The fourth-order valence-electron chi connectivity index (χ4n) is 0.974. The highest BCUT2D eigenvalue weighted by atomic mass is 79.9. The van der Waals surface area contributed by atoms with Crippen LogP contribution in [0.1, 0.15) is 39.0 Å². The molecular formula is C10H17BrO3. The summed E-state index contributed by atoms with van der Waals surface area (Å²) in [6, 6.07) is 0. The molecule has 0 heterocycles. The number of hydrogen-bond donors (Lipinski definition) is 0. The molecule has 0 aromatic carbocycles. The van der Waals surface area contributed by atoms with Crippen LogP contribution in [0.4, 0.5) is 0 Å². The Labute approximate surface area is 93.3 Å². The van der Waals surface area contributed by atoms with Gasteiger partial charge in [-0.2, -0.15) is 0 Å². The first-order chi connectivity index (χ1) is 6.70. The van der Waals surface area contributed by atoms with Gasteiger partial charge in [-0.3, -0.25) is 9.59 Å². The molecule has 14 heavy (non-hydrogen) atoms. The van der Waals surface area contributed by atoms with Crippen molar-refractivity contribution in [3.63, 3.8) is 0 Å². The van der Waals surface area contributed by atoms with Crippen LogP contribution in [0.25, 0.3) is 0 Å². The summed E-state index contributed by atoms with van der Waals surface area (Å²) in [6.07, 6.45) is 4.19. The zero-order chi connectivity index (χ0) is 10.8. The number of hydrogen-bond acceptors (Lipinski definition) is 3. The van der Waals surface area contributed by atoms with E-state index in [-0.39, 0.29) is 17.5 Å². The lowest BCUT2D eigenvalue weighted by atomic mass is 10.2. The van der Waals surface area contributed by atoms with Gasteiger partial charge in [0.1, 0.15) is 6.42 Å². The molecular weight excluding hydrogens is 248 g/mol. The number of Topliss-reactive ketones (excluding diaryl/α,β-unsaturated/α-hetero) is 1. The molecule has 0 aliphatic heterocycles. The van der Waals surface area contributed by atoms with Gasteiger partial charge in [-0.1, -0.05) is 42.1 Å². The van der Waals surface area contributed by atoms with Gasteiger partial charge in [0.15, 0.2) is 5.78 Å². The number of carbonyl (C=O) groups excluding carboxylic acids is 2. The van der Waals surface area contributed by atoms with E-state index in [9.17, 15) is 9.59 Å². The molecule has 4 heteroatoms. The predicted molar refractivity (Wildman–Crippen MR) is 58.5 cm³/mol. The van der Waals surface area contributed by atoms with Crippen LogP contribution in [0.15, 0.2) is 0 Å². The monoisotopic (exact) mass is 264 g/mol. The molecule has 0 amide bonds. The van der Waals surface area contributed by atoms with Crippen molar-refractivity contribution in [3.05, 3.63) is 0 Å². The second-order valence-corrected chi connectivity index (χ2v) is 3.69. The topological polar surface area (TPSA) is 43.4 Å². The second kappa shape index (κ2) is 9.19. The summed E-state index contributed by atoms with van der Waals surface area (Å²) in [6.45, 7) is 2.56. The molecule has 0 saturated heterocycles. The van der Waals surface area contributed by atoms with Gasteiger partial charge in [-0.25, -0.2) is 0 Å². The maximum atomic E-state index is 11.0. The van der Waals surface area contributed by atoms with E-state index >= 15 is 0 Å². The van der Waals surface area contributed by atoms with E-state index in [1.165, 1.54) is 0 Å². The van der Waals surface area contributed by atoms with Gasteiger partial charge in [0, 0.05) is 0 Å². The Morgan fingerprint density at radius 3 is 2.50 bits per heavy atom. The Hall–Kier alpha value is -0.380. The third-order valence-corrected chi connectivity index (χ3v) is 2.38. The largest absolute Gasteiger partial charge is 0.465 e. The third-order valence-electron chi connectivity index (χ3n) is 1.75. The standard InChI is InChI=1S/C10H17BrO3/c1-2-3-4-5-6-14-10(13)7-9(12)8-11/h2-8H2,1H3. The average molecular weight is 265 g/mol. The Morgan fingerprint density at radius 2 is 1.93 bits per heavy atom. The molecule has 0 aromatic rings. The number of carbonyl (C=O) groups is 2. The van der Waals surface area contributed by atoms with Crippen LogP contribution in [0.5, 0.6) is 0 Å². The van der Waals surface area contributed by atoms with Crippen molar-refractivity contribution in [3.8, 4) is 0 Å². The number of rotatable bonds is 8. The van der Waals surface area contributed by atoms with Crippen LogP contribution in [-0.2, 0) is 14.3 Å². The van der Waals surface area contributed by atoms with Crippen molar-refractivity contribution in [1.29, 1.82) is 0 Å². The zero-order valence-electron chi connectivity index (χ0n) is 8.55. The molecule has 3 nitrogen and oxygen atoms in total. The van der Waals surface area contributed by atoms with E-state index in [1.54, 1.807) is 0 Å². The molecule has 0 aromatic heterocycles. The molecule has 0 N–H and O–H groups in total. The summed E-state index contributed by atoms with van der Waals surface area (Å²) >= 11 is 2.99. The summed E-state index contributed by atoms with van der Waals surface area (Å²) in [5.41, 5.74) is 0. The van der Waals surface area contributed by atoms with Crippen molar-refractivity contribution in [2.24, 2.45) is 0 Å². The maximum absolute atomic E-state index is 11.0. The summed E-state index contributed by atoms with van der Waals surface area (Å²) in [7, 11) is 0. The Kier molecular flexibility index (Phi) is 8.94. The van der Waals surface area contributed by atoms with Crippen molar-refractivity contribution in [2.45, 2.75) is 39.0 Å². The zero-order valence-corrected chi connectivity index (χ0v) is 10.1. The molecule has 0 fully saturated rings. The molecule has 0 radical (unpaired) electrons. The summed E-state index contributed by atoms with van der Waals surface area (Å²) < 4.78 is 4.88. The van der Waals surface area contributed by atoms with Gasteiger partial charge in [-0.05, 0) is 6.42 Å². The second-order valence-electron chi connectivity index (χ2n) is 3.13. The maximum Gasteiger partial charge on any atom is 0.313 e. The highest BCUT2D eigenvalue weighted by Crippen LogP contribution is 2.00. The smallest absolute Gasteiger partial charge is 0.313 e. The van der Waals surface area contributed by atoms with E-state index in [1.807, 2.05) is 0 Å². The van der Waals surface area contributed by atoms with Crippen molar-refractivity contribution < 1.29 is 14.3 Å². The SMILES string of the molecule is CCCCCCOC(=O)CC(=O)CBr. The van der Waals surface area contributed by atoms with E-state index in [0.717, 1.165) is 25.7 Å². The van der Waals surface area contributed by atoms with Crippen LogP contribution < -0.4 is 0 Å². The Bertz CT molecular complexity index is 180. The van der Waals surface area contributed by atoms with Gasteiger partial charge in [0.05, 0.1) is 11.9 Å². The Morgan fingerprint density at radius 1 is 1.21 bits per heavy atom. The first-order valence-electron chi connectivity index (χ1n) is 4.94. The predicted octanol–water partition coefficient (Wildman–Crippen LogP) is 2.46. The van der Waals surface area contributed by atoms with Crippen LogP contribution in [0.3, 0.4) is 0 Å². The van der Waals surface area contributed by atoms with Crippen LogP contribution in [-0.4, -0.2) is 23.7 Å². The van der Waals surface area contributed by atoms with Gasteiger partial charge < -0.3 is 4.74 Å². The van der Waals surface area contributed by atoms with E-state index in [0.29, 0.717) is 6.61 Å². The van der Waals surface area contributed by atoms with E-state index < -0.39 is 5.97 Å². The van der Waals surface area contributed by atoms with Gasteiger partial charge >= 0.3 is 5.97 Å². The fourth-order valence-corrected chi connectivity index (χ4v) is 1.17. The van der Waals surface area contributed by atoms with Crippen molar-refractivity contribution >= 4 is 27.7 Å². The van der Waals surface area contributed by atoms with Gasteiger partial charge in [0.2, 0.25) is 0 Å². The first kappa shape index (κ1) is 13.6. The summed E-state index contributed by atoms with van der Waals surface area (Å²) in [5.74, 6) is -0.547. The van der Waals surface area contributed by atoms with Gasteiger partial charge in [0.25, 0.3) is 0 Å². The van der Waals surface area contributed by atoms with E-state index in [2.05, 4.69) is 22.9 Å². The summed E-state index contributed by atoms with van der Waals surface area (Å²) in [4.78, 5) is 21.8. The van der Waals surface area contributed by atoms with E-state index in [4.69, 9.17) is 4.74 Å². The number of ether oxygens (including phenoxy) is 1. The highest BCUT2D eigenvalue weighted by molar-refractivity contribution is 9.09. The number of alkyl halides is 1. The minimum Gasteiger partial charge on any atom is -0.465 e. The quantitative estimate of drug-likeness (QED) is 0.293. The molecule has 0 unspecified atom stereocenters. The number of halogens is 1. The van der Waals surface area contributed by atoms with Gasteiger partial charge in [-0.15, -0.1) is 0 Å². The molecule has 0 aliphatic rings. The first-order valence-corrected chi connectivity index (χ1v) is 6.06. The molecule has 0 atom stereocenters. The molecule has 0 spiro atoms. The molecule has 0 saturated carbocycles. The van der Waals surface area contributed by atoms with Crippen LogP contribution >= 0.6 is 15.9 Å². The minimum absolute atomic E-state index is 0.112. The highest BCUT2D eigenvalue weighted by Gasteiger charge is 2.08. The number of esters is 1. The van der Waals surface area contributed by atoms with Crippen LogP contribution in [0, 0.1) is 0 Å². The fraction of sp³-hybridized carbons (Fsp3) is 0.800. The number of unbranched alkanes of at least 4 members (excludes halogenated alkanes) is 3. The number of ketones is 1. The Balaban J connectivity index is 3.31. The molecule has 82 valence electrons. The third kappa shape index (κ3) is 8.23. The lowest BCUT2D eigenvalue weighted by Crippen LogP contribution is -2.12. The lowest BCUT2D eigenvalue weighted by Gasteiger charge is -2.02. The normalized spacial score (nSPS) is 9.86. The van der Waals surface area contributed by atoms with Crippen molar-refractivity contribution in [2.75, 3.05) is 11.9 Å². The lowest BCUT2D eigenvalue weighted by molar-refractivity contribution is -0.145. The van der Waals surface area contributed by atoms with Crippen molar-refractivity contribution in [1.82, 2.24) is 0 Å². The van der Waals surface area contributed by atoms with Crippen LogP contribution in [0.2, 0.25) is 0 Å². The molecule has 0 bridgehead atoms. The molecule has 0 aliphatic carbocycles. The summed E-state index contributed by atoms with van der Waals surface area (Å²) in [5, 5.41) is 0.220.